The molecule has 166 valence electrons. The molecule has 0 aliphatic heterocycles. The van der Waals surface area contributed by atoms with Gasteiger partial charge >= 0.3 is 0 Å². The Bertz CT molecular complexity index is 875. The van der Waals surface area contributed by atoms with E-state index in [1.54, 1.807) is 43.2 Å². The Balaban J connectivity index is 1.69. The number of aryl methyl sites for hydroxylation is 1. The summed E-state index contributed by atoms with van der Waals surface area (Å²) in [4.78, 5) is 27.6. The number of rotatable bonds is 9. The van der Waals surface area contributed by atoms with Gasteiger partial charge in [-0.05, 0) is 56.5 Å². The first-order valence-corrected chi connectivity index (χ1v) is 10.9. The van der Waals surface area contributed by atoms with Gasteiger partial charge in [-0.1, -0.05) is 42.7 Å². The van der Waals surface area contributed by atoms with E-state index in [0.717, 1.165) is 42.6 Å². The predicted molar refractivity (Wildman–Crippen MR) is 120 cm³/mol. The molecule has 1 aliphatic carbocycles. The number of benzene rings is 2. The Morgan fingerprint density at radius 2 is 1.77 bits per heavy atom. The van der Waals surface area contributed by atoms with E-state index in [0.29, 0.717) is 12.3 Å². The smallest absolute Gasteiger partial charge is 0.261 e. The molecule has 0 bridgehead atoms. The molecule has 1 saturated carbocycles. The Morgan fingerprint density at radius 1 is 1.10 bits per heavy atom. The van der Waals surface area contributed by atoms with Gasteiger partial charge in [-0.15, -0.1) is 0 Å². The van der Waals surface area contributed by atoms with E-state index in [-0.39, 0.29) is 24.5 Å². The minimum absolute atomic E-state index is 0.114. The summed E-state index contributed by atoms with van der Waals surface area (Å²) in [5.74, 6) is 0.952. The molecule has 1 unspecified atom stereocenters. The lowest BCUT2D eigenvalue weighted by molar-refractivity contribution is -0.142. The quantitative estimate of drug-likeness (QED) is 0.664. The number of methoxy groups -OCH3 is 1. The molecule has 0 heterocycles. The van der Waals surface area contributed by atoms with Gasteiger partial charge in [0.15, 0.2) is 6.61 Å². The van der Waals surface area contributed by atoms with Gasteiger partial charge in [0, 0.05) is 12.6 Å². The van der Waals surface area contributed by atoms with Gasteiger partial charge < -0.3 is 19.7 Å². The average Bonchev–Trinajstić information content (AvgIpc) is 3.28. The Kier molecular flexibility index (Phi) is 7.93. The SMILES string of the molecule is COc1ccc(OCC(=O)N(Cc2cccc(C)c2)C(C)C(=O)NC2CCCC2)cc1. The van der Waals surface area contributed by atoms with Crippen LogP contribution in [0.3, 0.4) is 0 Å². The second-order valence-electron chi connectivity index (χ2n) is 8.14. The molecule has 3 rings (SSSR count). The summed E-state index contributed by atoms with van der Waals surface area (Å²) in [7, 11) is 1.60. The van der Waals surface area contributed by atoms with E-state index in [2.05, 4.69) is 5.32 Å². The molecular formula is C25H32N2O4. The third-order valence-electron chi connectivity index (χ3n) is 5.73. The van der Waals surface area contributed by atoms with Crippen molar-refractivity contribution in [3.63, 3.8) is 0 Å². The van der Waals surface area contributed by atoms with Gasteiger partial charge in [-0.3, -0.25) is 9.59 Å². The maximum Gasteiger partial charge on any atom is 0.261 e. The van der Waals surface area contributed by atoms with E-state index >= 15 is 0 Å². The molecule has 1 fully saturated rings. The summed E-state index contributed by atoms with van der Waals surface area (Å²) in [6.45, 7) is 4.01. The van der Waals surface area contributed by atoms with E-state index in [1.165, 1.54) is 0 Å². The number of carbonyl (C=O) groups is 2. The normalized spacial score (nSPS) is 14.7. The zero-order valence-electron chi connectivity index (χ0n) is 18.6. The van der Waals surface area contributed by atoms with Crippen molar-refractivity contribution in [2.45, 2.75) is 58.2 Å². The summed E-state index contributed by atoms with van der Waals surface area (Å²) in [5.41, 5.74) is 2.10. The fourth-order valence-electron chi connectivity index (χ4n) is 3.88. The lowest BCUT2D eigenvalue weighted by atomic mass is 10.1. The monoisotopic (exact) mass is 424 g/mol. The van der Waals surface area contributed by atoms with Gasteiger partial charge in [0.2, 0.25) is 5.91 Å². The summed E-state index contributed by atoms with van der Waals surface area (Å²) >= 11 is 0. The van der Waals surface area contributed by atoms with Crippen molar-refractivity contribution >= 4 is 11.8 Å². The van der Waals surface area contributed by atoms with Crippen molar-refractivity contribution in [1.29, 1.82) is 0 Å². The van der Waals surface area contributed by atoms with Gasteiger partial charge in [0.05, 0.1) is 7.11 Å². The van der Waals surface area contributed by atoms with E-state index < -0.39 is 6.04 Å². The first-order valence-electron chi connectivity index (χ1n) is 10.9. The van der Waals surface area contributed by atoms with Crippen molar-refractivity contribution in [3.05, 3.63) is 59.7 Å². The van der Waals surface area contributed by atoms with Crippen LogP contribution in [0.4, 0.5) is 0 Å². The van der Waals surface area contributed by atoms with Crippen molar-refractivity contribution in [3.8, 4) is 11.5 Å². The third kappa shape index (κ3) is 6.48. The zero-order valence-corrected chi connectivity index (χ0v) is 18.6. The van der Waals surface area contributed by atoms with Gasteiger partial charge in [-0.25, -0.2) is 0 Å². The maximum absolute atomic E-state index is 13.1. The zero-order chi connectivity index (χ0) is 22.2. The number of nitrogens with zero attached hydrogens (tertiary/aromatic N) is 1. The number of nitrogens with one attached hydrogen (secondary N) is 1. The average molecular weight is 425 g/mol. The highest BCUT2D eigenvalue weighted by Crippen LogP contribution is 2.20. The molecule has 0 saturated heterocycles. The number of hydrogen-bond acceptors (Lipinski definition) is 4. The van der Waals surface area contributed by atoms with Crippen LogP contribution in [0.15, 0.2) is 48.5 Å². The second-order valence-corrected chi connectivity index (χ2v) is 8.14. The maximum atomic E-state index is 13.1. The van der Waals surface area contributed by atoms with Crippen molar-refractivity contribution in [2.75, 3.05) is 13.7 Å². The summed E-state index contributed by atoms with van der Waals surface area (Å²) in [6, 6.07) is 14.7. The van der Waals surface area contributed by atoms with Gasteiger partial charge in [0.25, 0.3) is 5.91 Å². The molecule has 1 N–H and O–H groups in total. The third-order valence-corrected chi connectivity index (χ3v) is 5.73. The molecule has 0 spiro atoms. The van der Waals surface area contributed by atoms with Crippen LogP contribution in [-0.4, -0.2) is 42.5 Å². The summed E-state index contributed by atoms with van der Waals surface area (Å²) < 4.78 is 10.8. The molecule has 2 aromatic rings. The van der Waals surface area contributed by atoms with Crippen LogP contribution in [0.1, 0.15) is 43.7 Å². The summed E-state index contributed by atoms with van der Waals surface area (Å²) in [6.07, 6.45) is 4.29. The highest BCUT2D eigenvalue weighted by atomic mass is 16.5. The molecule has 1 aliphatic rings. The van der Waals surface area contributed by atoms with Crippen LogP contribution in [0.2, 0.25) is 0 Å². The lowest BCUT2D eigenvalue weighted by Gasteiger charge is -2.29. The number of ether oxygens (including phenoxy) is 2. The molecular weight excluding hydrogens is 392 g/mol. The van der Waals surface area contributed by atoms with E-state index in [1.807, 2.05) is 31.2 Å². The standard InChI is InChI=1S/C25H32N2O4/c1-18-7-6-8-20(15-18)16-27(19(2)25(29)26-21-9-4-5-10-21)24(28)17-31-23-13-11-22(30-3)12-14-23/h6-8,11-15,19,21H,4-5,9-10,16-17H2,1-3H3,(H,26,29). The lowest BCUT2D eigenvalue weighted by Crippen LogP contribution is -2.50. The molecule has 0 aromatic heterocycles. The van der Waals surface area contributed by atoms with Crippen molar-refractivity contribution < 1.29 is 19.1 Å². The second kappa shape index (κ2) is 10.8. The van der Waals surface area contributed by atoms with Crippen LogP contribution in [0.25, 0.3) is 0 Å². The molecule has 6 nitrogen and oxygen atoms in total. The molecule has 0 radical (unpaired) electrons. The molecule has 1 atom stereocenters. The van der Waals surface area contributed by atoms with Crippen LogP contribution >= 0.6 is 0 Å². The fourth-order valence-corrected chi connectivity index (χ4v) is 3.88. The first-order chi connectivity index (χ1) is 15.0. The van der Waals surface area contributed by atoms with E-state index in [9.17, 15) is 9.59 Å². The molecule has 2 aromatic carbocycles. The largest absolute Gasteiger partial charge is 0.497 e. The van der Waals surface area contributed by atoms with Crippen molar-refractivity contribution in [2.24, 2.45) is 0 Å². The van der Waals surface area contributed by atoms with Gasteiger partial charge in [-0.2, -0.15) is 0 Å². The highest BCUT2D eigenvalue weighted by Gasteiger charge is 2.28. The van der Waals surface area contributed by atoms with Crippen LogP contribution in [-0.2, 0) is 16.1 Å². The Morgan fingerprint density at radius 3 is 2.42 bits per heavy atom. The first kappa shape index (κ1) is 22.7. The molecule has 6 heteroatoms. The molecule has 2 amide bonds. The Hall–Kier alpha value is -3.02. The number of amides is 2. The van der Waals surface area contributed by atoms with Crippen LogP contribution < -0.4 is 14.8 Å². The summed E-state index contributed by atoms with van der Waals surface area (Å²) in [5, 5.41) is 3.11. The number of hydrogen-bond donors (Lipinski definition) is 1. The van der Waals surface area contributed by atoms with Gasteiger partial charge in [0.1, 0.15) is 17.5 Å². The minimum Gasteiger partial charge on any atom is -0.497 e. The molecule has 31 heavy (non-hydrogen) atoms. The topological polar surface area (TPSA) is 67.9 Å². The number of carbonyl (C=O) groups excluding carboxylic acids is 2. The van der Waals surface area contributed by atoms with E-state index in [4.69, 9.17) is 9.47 Å². The fraction of sp³-hybridized carbons (Fsp3) is 0.440. The minimum atomic E-state index is -0.590. The van der Waals surface area contributed by atoms with Crippen LogP contribution in [0.5, 0.6) is 11.5 Å². The predicted octanol–water partition coefficient (Wildman–Crippen LogP) is 3.86. The highest BCUT2D eigenvalue weighted by molar-refractivity contribution is 5.88. The van der Waals surface area contributed by atoms with Crippen molar-refractivity contribution in [1.82, 2.24) is 10.2 Å². The Labute approximate surface area is 184 Å². The van der Waals surface area contributed by atoms with Crippen LogP contribution in [0, 0.1) is 6.92 Å².